The van der Waals surface area contributed by atoms with E-state index in [1.807, 2.05) is 13.8 Å². The molecule has 0 radical (unpaired) electrons. The Balaban J connectivity index is 4.16. The van der Waals surface area contributed by atoms with Crippen molar-refractivity contribution in [1.29, 1.82) is 0 Å². The molecule has 0 aliphatic carbocycles. The van der Waals surface area contributed by atoms with Crippen molar-refractivity contribution >= 4 is 15.6 Å². The highest BCUT2D eigenvalue weighted by molar-refractivity contribution is 6.82. The Morgan fingerprint density at radius 3 is 2.00 bits per heavy atom. The van der Waals surface area contributed by atoms with Gasteiger partial charge in [-0.1, -0.05) is 19.5 Å². The molecule has 3 nitrogen and oxygen atoms in total. The van der Waals surface area contributed by atoms with Gasteiger partial charge in [0.15, 0.2) is 0 Å². The normalized spacial score (nSPS) is 11.3. The van der Waals surface area contributed by atoms with Crippen LogP contribution in [-0.2, 0) is 4.34 Å². The summed E-state index contributed by atoms with van der Waals surface area (Å²) in [4.78, 5) is 0. The Morgan fingerprint density at radius 1 is 1.45 bits per heavy atom. The van der Waals surface area contributed by atoms with Crippen LogP contribution in [0.25, 0.3) is 0 Å². The van der Waals surface area contributed by atoms with E-state index in [0.29, 0.717) is 0 Å². The molecule has 11 heavy (non-hydrogen) atoms. The molecule has 0 saturated carbocycles. The van der Waals surface area contributed by atoms with Gasteiger partial charge >= 0.3 is 7.32 Å². The first kappa shape index (κ1) is 10.9. The lowest BCUT2D eigenvalue weighted by molar-refractivity contribution is 0.284. The summed E-state index contributed by atoms with van der Waals surface area (Å²) in [5, 5.41) is 17.2. The van der Waals surface area contributed by atoms with Gasteiger partial charge in [0.25, 0.3) is 0 Å². The molecule has 0 atom stereocenters. The van der Waals surface area contributed by atoms with E-state index in [1.165, 1.54) is 0 Å². The third-order valence-corrected chi connectivity index (χ3v) is 5.73. The van der Waals surface area contributed by atoms with Crippen LogP contribution >= 0.6 is 0 Å². The van der Waals surface area contributed by atoms with Crippen LogP contribution in [-0.4, -0.2) is 25.7 Å². The molecule has 0 aromatic rings. The molecule has 0 aromatic carbocycles. The minimum atomic E-state index is -2.02. The summed E-state index contributed by atoms with van der Waals surface area (Å²) in [7, 11) is -3.67. The molecule has 0 aromatic heterocycles. The van der Waals surface area contributed by atoms with Crippen LogP contribution in [0.3, 0.4) is 0 Å². The Labute approximate surface area is 69.0 Å². The summed E-state index contributed by atoms with van der Waals surface area (Å²) in [6.45, 7) is 7.59. The summed E-state index contributed by atoms with van der Waals surface area (Å²) in [6.07, 6.45) is 0. The largest absolute Gasteiger partial charge is 0.623 e. The van der Waals surface area contributed by atoms with E-state index in [-0.39, 0.29) is 0 Å². The Kier molecular flexibility index (Phi) is 4.67. The minimum absolute atomic E-state index is 0.824. The molecule has 64 valence electrons. The van der Waals surface area contributed by atoms with Crippen molar-refractivity contribution in [3.8, 4) is 0 Å². The van der Waals surface area contributed by atoms with E-state index in [1.54, 1.807) is 5.70 Å². The molecular formula is C6H15BO3Si. The Bertz CT molecular complexity index is 125. The number of hydrogen-bond donors (Lipinski definition) is 2. The third-order valence-electron chi connectivity index (χ3n) is 1.91. The zero-order valence-electron chi connectivity index (χ0n) is 7.08. The van der Waals surface area contributed by atoms with Gasteiger partial charge in [-0.25, -0.2) is 0 Å². The minimum Gasteiger partial charge on any atom is -0.425 e. The molecular weight excluding hydrogens is 159 g/mol. The smallest absolute Gasteiger partial charge is 0.425 e. The predicted molar refractivity (Wildman–Crippen MR) is 48.2 cm³/mol. The summed E-state index contributed by atoms with van der Waals surface area (Å²) < 4.78 is 5.02. The van der Waals surface area contributed by atoms with Crippen molar-refractivity contribution in [3.63, 3.8) is 0 Å². The lowest BCUT2D eigenvalue weighted by atomic mass is 10.3. The van der Waals surface area contributed by atoms with Crippen LogP contribution in [0.5, 0.6) is 0 Å². The lowest BCUT2D eigenvalue weighted by Crippen LogP contribution is -2.41. The van der Waals surface area contributed by atoms with Gasteiger partial charge in [-0.2, -0.15) is 0 Å². The average molecular weight is 174 g/mol. The molecule has 0 heterocycles. The van der Waals surface area contributed by atoms with Crippen LogP contribution in [0.15, 0.2) is 12.3 Å². The van der Waals surface area contributed by atoms with Crippen molar-refractivity contribution in [1.82, 2.24) is 0 Å². The molecule has 0 bridgehead atoms. The van der Waals surface area contributed by atoms with E-state index in [2.05, 4.69) is 6.58 Å². The van der Waals surface area contributed by atoms with E-state index in [9.17, 15) is 0 Å². The molecule has 2 N–H and O–H groups in total. The average Bonchev–Trinajstić information content (AvgIpc) is 2.00. The Hall–Kier alpha value is -0.0982. The fraction of sp³-hybridized carbons (Fsp3) is 0.667. The highest BCUT2D eigenvalue weighted by Gasteiger charge is 2.31. The van der Waals surface area contributed by atoms with Gasteiger partial charge in [0.1, 0.15) is 0 Å². The van der Waals surface area contributed by atoms with Gasteiger partial charge in [-0.15, -0.1) is 6.58 Å². The fourth-order valence-corrected chi connectivity index (χ4v) is 2.89. The first-order valence-electron chi connectivity index (χ1n) is 3.77. The fourth-order valence-electron chi connectivity index (χ4n) is 0.963. The van der Waals surface area contributed by atoms with Crippen LogP contribution in [0.1, 0.15) is 13.8 Å². The maximum absolute atomic E-state index is 8.60. The Morgan fingerprint density at radius 2 is 1.91 bits per heavy atom. The van der Waals surface area contributed by atoms with Crippen molar-refractivity contribution in [2.75, 3.05) is 0 Å². The molecule has 0 amide bonds. The van der Waals surface area contributed by atoms with E-state index < -0.39 is 15.6 Å². The number of hydrogen-bond acceptors (Lipinski definition) is 3. The zero-order valence-corrected chi connectivity index (χ0v) is 8.08. The van der Waals surface area contributed by atoms with Crippen LogP contribution in [0.2, 0.25) is 12.1 Å². The van der Waals surface area contributed by atoms with E-state index in [0.717, 1.165) is 12.1 Å². The van der Waals surface area contributed by atoms with Crippen LogP contribution < -0.4 is 0 Å². The summed E-state index contributed by atoms with van der Waals surface area (Å²) in [5.74, 6) is 0. The topological polar surface area (TPSA) is 49.7 Å². The molecule has 0 rings (SSSR count). The first-order chi connectivity index (χ1) is 5.10. The predicted octanol–water partition coefficient (Wildman–Crippen LogP) is 0.683. The molecule has 0 spiro atoms. The highest BCUT2D eigenvalue weighted by atomic mass is 28.4. The second-order valence-corrected chi connectivity index (χ2v) is 6.61. The van der Waals surface area contributed by atoms with Gasteiger partial charge in [-0.3, -0.25) is 0 Å². The van der Waals surface area contributed by atoms with E-state index in [4.69, 9.17) is 14.4 Å². The van der Waals surface area contributed by atoms with Gasteiger partial charge in [0.2, 0.25) is 8.32 Å². The summed E-state index contributed by atoms with van der Waals surface area (Å²) in [5.41, 5.74) is 1.74. The van der Waals surface area contributed by atoms with Crippen molar-refractivity contribution in [2.45, 2.75) is 25.9 Å². The molecule has 5 heteroatoms. The van der Waals surface area contributed by atoms with Crippen molar-refractivity contribution < 1.29 is 14.4 Å². The molecule has 0 fully saturated rings. The van der Waals surface area contributed by atoms with Crippen LogP contribution in [0, 0.1) is 0 Å². The van der Waals surface area contributed by atoms with Crippen molar-refractivity contribution in [3.05, 3.63) is 12.3 Å². The quantitative estimate of drug-likeness (QED) is 0.602. The number of rotatable bonds is 5. The second kappa shape index (κ2) is 4.71. The zero-order chi connectivity index (χ0) is 8.91. The second-order valence-electron chi connectivity index (χ2n) is 2.42. The van der Waals surface area contributed by atoms with Gasteiger partial charge in [-0.05, 0) is 12.1 Å². The third kappa shape index (κ3) is 3.20. The summed E-state index contributed by atoms with van der Waals surface area (Å²) >= 11 is 0. The van der Waals surface area contributed by atoms with Gasteiger partial charge in [0.05, 0.1) is 0 Å². The van der Waals surface area contributed by atoms with Crippen molar-refractivity contribution in [2.24, 2.45) is 0 Å². The van der Waals surface area contributed by atoms with Crippen LogP contribution in [0.4, 0.5) is 0 Å². The van der Waals surface area contributed by atoms with Gasteiger partial charge < -0.3 is 14.4 Å². The summed E-state index contributed by atoms with van der Waals surface area (Å²) in [6, 6.07) is 1.65. The van der Waals surface area contributed by atoms with Gasteiger partial charge in [0, 0.05) is 0 Å². The maximum atomic E-state index is 8.60. The standard InChI is InChI=1S/C6H15BO3Si/c1-4-11(5-2,6-3)10-7(8)9/h4,8-9H,1,5-6H2,2-3H3. The molecule has 0 aliphatic rings. The molecule has 0 unspecified atom stereocenters. The van der Waals surface area contributed by atoms with E-state index >= 15 is 0 Å². The first-order valence-corrected chi connectivity index (χ1v) is 6.17. The molecule has 0 aliphatic heterocycles. The maximum Gasteiger partial charge on any atom is 0.623 e. The lowest BCUT2D eigenvalue weighted by Gasteiger charge is -2.25. The monoisotopic (exact) mass is 174 g/mol. The highest BCUT2D eigenvalue weighted by Crippen LogP contribution is 2.17. The molecule has 0 saturated heterocycles. The SMILES string of the molecule is C=C[Si](CC)(CC)OB(O)O.